The Hall–Kier alpha value is -2.56. The lowest BCUT2D eigenvalue weighted by Crippen LogP contribution is -2.39. The van der Waals surface area contributed by atoms with Crippen molar-refractivity contribution in [3.05, 3.63) is 64.4 Å². The van der Waals surface area contributed by atoms with Crippen LogP contribution in [0.15, 0.2) is 52.3 Å². The van der Waals surface area contributed by atoms with Crippen LogP contribution in [0.3, 0.4) is 0 Å². The highest BCUT2D eigenvalue weighted by Gasteiger charge is 2.31. The van der Waals surface area contributed by atoms with Gasteiger partial charge in [-0.15, -0.1) is 11.3 Å². The minimum atomic E-state index is -3.67. The smallest absolute Gasteiger partial charge is 0.270 e. The fraction of sp³-hybridized carbons (Fsp3) is 0.316. The van der Waals surface area contributed by atoms with Gasteiger partial charge >= 0.3 is 0 Å². The summed E-state index contributed by atoms with van der Waals surface area (Å²) in [7, 11) is -3.67. The van der Waals surface area contributed by atoms with E-state index in [-0.39, 0.29) is 29.8 Å². The van der Waals surface area contributed by atoms with E-state index in [1.807, 2.05) is 17.7 Å². The Labute approximate surface area is 173 Å². The van der Waals surface area contributed by atoms with Crippen LogP contribution in [0, 0.1) is 12.8 Å². The first kappa shape index (κ1) is 19.7. The standard InChI is InChI=1S/C19H21N5O3S2/c1-14-2-4-17(5-3-14)29(26,27)23-9-15(10-24-16(11-23)6-7-22-24)8-20-19(25)18-12-28-13-21-18/h2-7,12-13,15H,8-11H2,1H3,(H,20,25). The molecule has 0 bridgehead atoms. The molecule has 1 aromatic carbocycles. The quantitative estimate of drug-likeness (QED) is 0.665. The van der Waals surface area contributed by atoms with Crippen molar-refractivity contribution in [3.63, 3.8) is 0 Å². The average molecular weight is 432 g/mol. The van der Waals surface area contributed by atoms with E-state index in [1.165, 1.54) is 15.6 Å². The Morgan fingerprint density at radius 3 is 2.76 bits per heavy atom. The minimum Gasteiger partial charge on any atom is -0.350 e. The molecule has 10 heteroatoms. The summed E-state index contributed by atoms with van der Waals surface area (Å²) in [6.45, 7) is 3.31. The zero-order valence-electron chi connectivity index (χ0n) is 15.9. The maximum Gasteiger partial charge on any atom is 0.270 e. The molecule has 0 fully saturated rings. The second-order valence-electron chi connectivity index (χ2n) is 7.07. The highest BCUT2D eigenvalue weighted by Crippen LogP contribution is 2.23. The molecule has 1 aliphatic rings. The van der Waals surface area contributed by atoms with Crippen molar-refractivity contribution >= 4 is 27.3 Å². The number of nitrogens with zero attached hydrogens (tertiary/aromatic N) is 4. The summed E-state index contributed by atoms with van der Waals surface area (Å²) in [5, 5.41) is 8.87. The van der Waals surface area contributed by atoms with E-state index in [4.69, 9.17) is 0 Å². The monoisotopic (exact) mass is 431 g/mol. The first-order valence-corrected chi connectivity index (χ1v) is 11.6. The van der Waals surface area contributed by atoms with E-state index in [1.54, 1.807) is 41.4 Å². The zero-order chi connectivity index (χ0) is 20.4. The van der Waals surface area contributed by atoms with Crippen LogP contribution in [0.25, 0.3) is 0 Å². The van der Waals surface area contributed by atoms with Crippen molar-refractivity contribution in [2.75, 3.05) is 13.1 Å². The van der Waals surface area contributed by atoms with Gasteiger partial charge in [0.15, 0.2) is 0 Å². The third-order valence-electron chi connectivity index (χ3n) is 4.91. The molecule has 1 atom stereocenters. The Bertz CT molecular complexity index is 1090. The lowest BCUT2D eigenvalue weighted by atomic mass is 10.1. The molecule has 29 heavy (non-hydrogen) atoms. The predicted octanol–water partition coefficient (Wildman–Crippen LogP) is 1.90. The van der Waals surface area contributed by atoms with Gasteiger partial charge in [0.05, 0.1) is 22.6 Å². The molecule has 0 saturated carbocycles. The molecule has 0 radical (unpaired) electrons. The molecule has 1 unspecified atom stereocenters. The van der Waals surface area contributed by atoms with Crippen molar-refractivity contribution in [1.82, 2.24) is 24.4 Å². The van der Waals surface area contributed by atoms with Crippen molar-refractivity contribution in [2.24, 2.45) is 5.92 Å². The molecule has 0 saturated heterocycles. The van der Waals surface area contributed by atoms with Gasteiger partial charge in [0.1, 0.15) is 5.69 Å². The highest BCUT2D eigenvalue weighted by molar-refractivity contribution is 7.89. The van der Waals surface area contributed by atoms with Gasteiger partial charge in [-0.3, -0.25) is 9.48 Å². The minimum absolute atomic E-state index is 0.126. The SMILES string of the molecule is Cc1ccc(S(=O)(=O)N2Cc3ccnn3CC(CNC(=O)c3cscn3)C2)cc1. The Balaban J connectivity index is 1.56. The number of carbonyl (C=O) groups excluding carboxylic acids is 1. The maximum absolute atomic E-state index is 13.3. The van der Waals surface area contributed by atoms with Crippen molar-refractivity contribution in [2.45, 2.75) is 24.9 Å². The van der Waals surface area contributed by atoms with E-state index >= 15 is 0 Å². The molecule has 1 N–H and O–H groups in total. The predicted molar refractivity (Wildman–Crippen MR) is 109 cm³/mol. The molecule has 4 rings (SSSR count). The summed E-state index contributed by atoms with van der Waals surface area (Å²) in [5.41, 5.74) is 3.80. The summed E-state index contributed by atoms with van der Waals surface area (Å²) in [6.07, 6.45) is 1.67. The van der Waals surface area contributed by atoms with Crippen molar-refractivity contribution < 1.29 is 13.2 Å². The topological polar surface area (TPSA) is 97.2 Å². The molecule has 1 aliphatic heterocycles. The summed E-state index contributed by atoms with van der Waals surface area (Å²) in [6, 6.07) is 8.67. The largest absolute Gasteiger partial charge is 0.350 e. The van der Waals surface area contributed by atoms with Crippen LogP contribution in [0.2, 0.25) is 0 Å². The number of carbonyl (C=O) groups is 1. The summed E-state index contributed by atoms with van der Waals surface area (Å²) in [4.78, 5) is 16.5. The Kier molecular flexibility index (Phi) is 5.48. The molecular formula is C19H21N5O3S2. The number of fused-ring (bicyclic) bond motifs is 1. The number of hydrogen-bond donors (Lipinski definition) is 1. The zero-order valence-corrected chi connectivity index (χ0v) is 17.5. The first-order valence-electron chi connectivity index (χ1n) is 9.17. The highest BCUT2D eigenvalue weighted by atomic mass is 32.2. The lowest BCUT2D eigenvalue weighted by Gasteiger charge is -2.24. The molecular weight excluding hydrogens is 410 g/mol. The number of aryl methyl sites for hydroxylation is 1. The average Bonchev–Trinajstić information content (AvgIpc) is 3.35. The Morgan fingerprint density at radius 1 is 1.24 bits per heavy atom. The van der Waals surface area contributed by atoms with Gasteiger partial charge in [0.25, 0.3) is 5.91 Å². The van der Waals surface area contributed by atoms with Crippen LogP contribution in [0.4, 0.5) is 0 Å². The van der Waals surface area contributed by atoms with E-state index in [9.17, 15) is 13.2 Å². The van der Waals surface area contributed by atoms with Gasteiger partial charge in [-0.25, -0.2) is 13.4 Å². The van der Waals surface area contributed by atoms with E-state index in [0.717, 1.165) is 11.3 Å². The molecule has 8 nitrogen and oxygen atoms in total. The van der Waals surface area contributed by atoms with E-state index < -0.39 is 10.0 Å². The molecule has 3 heterocycles. The third-order valence-corrected chi connectivity index (χ3v) is 7.32. The van der Waals surface area contributed by atoms with Crippen LogP contribution in [-0.2, 0) is 23.1 Å². The third kappa shape index (κ3) is 4.24. The molecule has 0 spiro atoms. The number of nitrogens with one attached hydrogen (secondary N) is 1. The summed E-state index contributed by atoms with van der Waals surface area (Å²) < 4.78 is 29.8. The van der Waals surface area contributed by atoms with Gasteiger partial charge in [-0.1, -0.05) is 17.7 Å². The second-order valence-corrected chi connectivity index (χ2v) is 9.72. The van der Waals surface area contributed by atoms with Crippen LogP contribution in [-0.4, -0.2) is 46.5 Å². The van der Waals surface area contributed by atoms with Crippen LogP contribution in [0.1, 0.15) is 21.7 Å². The van der Waals surface area contributed by atoms with Gasteiger partial charge in [0.2, 0.25) is 10.0 Å². The van der Waals surface area contributed by atoms with Gasteiger partial charge < -0.3 is 5.32 Å². The number of sulfonamides is 1. The fourth-order valence-electron chi connectivity index (χ4n) is 3.32. The summed E-state index contributed by atoms with van der Waals surface area (Å²) in [5.74, 6) is -0.386. The number of benzene rings is 1. The molecule has 3 aromatic rings. The van der Waals surface area contributed by atoms with Crippen LogP contribution < -0.4 is 5.32 Å². The number of amides is 1. The maximum atomic E-state index is 13.3. The molecule has 152 valence electrons. The number of aromatic nitrogens is 3. The fourth-order valence-corrected chi connectivity index (χ4v) is 5.34. The summed E-state index contributed by atoms with van der Waals surface area (Å²) >= 11 is 1.35. The van der Waals surface area contributed by atoms with Crippen molar-refractivity contribution in [3.8, 4) is 0 Å². The first-order chi connectivity index (χ1) is 13.9. The molecule has 2 aromatic heterocycles. The van der Waals surface area contributed by atoms with Gasteiger partial charge in [-0.2, -0.15) is 9.40 Å². The number of rotatable bonds is 5. The van der Waals surface area contributed by atoms with Crippen LogP contribution >= 0.6 is 11.3 Å². The van der Waals surface area contributed by atoms with Gasteiger partial charge in [-0.05, 0) is 25.1 Å². The second kappa shape index (κ2) is 8.05. The van der Waals surface area contributed by atoms with E-state index in [2.05, 4.69) is 15.4 Å². The van der Waals surface area contributed by atoms with Crippen LogP contribution in [0.5, 0.6) is 0 Å². The Morgan fingerprint density at radius 2 is 2.03 bits per heavy atom. The van der Waals surface area contributed by atoms with E-state index in [0.29, 0.717) is 18.8 Å². The van der Waals surface area contributed by atoms with Gasteiger partial charge in [0, 0.05) is 37.1 Å². The molecule has 0 aliphatic carbocycles. The van der Waals surface area contributed by atoms with Crippen molar-refractivity contribution in [1.29, 1.82) is 0 Å². The molecule has 1 amide bonds. The number of hydrogen-bond acceptors (Lipinski definition) is 6. The normalized spacial score (nSPS) is 17.5. The lowest BCUT2D eigenvalue weighted by molar-refractivity contribution is 0.0940. The number of thiazole rings is 1.